The summed E-state index contributed by atoms with van der Waals surface area (Å²) in [6, 6.07) is 4.24. The molecule has 0 heterocycles. The minimum absolute atomic E-state index is 0.0523. The first-order valence-electron chi connectivity index (χ1n) is 5.35. The second kappa shape index (κ2) is 7.90. The van der Waals surface area contributed by atoms with Gasteiger partial charge in [0.2, 0.25) is 5.70 Å². The molecule has 1 rings (SSSR count). The van der Waals surface area contributed by atoms with E-state index in [2.05, 4.69) is 19.7 Å². The lowest BCUT2D eigenvalue weighted by Crippen LogP contribution is -2.08. The van der Waals surface area contributed by atoms with Crippen LogP contribution >= 0.6 is 22.6 Å². The molecule has 108 valence electrons. The lowest BCUT2D eigenvalue weighted by molar-refractivity contribution is -0.136. The fourth-order valence-electron chi connectivity index (χ4n) is 1.18. The van der Waals surface area contributed by atoms with Crippen LogP contribution in [-0.2, 0) is 14.3 Å². The summed E-state index contributed by atoms with van der Waals surface area (Å²) in [7, 11) is 2.46. The molecular formula is C12H12FIN2O4. The number of ether oxygens (including phenoxy) is 2. The summed E-state index contributed by atoms with van der Waals surface area (Å²) in [5.41, 5.74) is -0.490. The highest BCUT2D eigenvalue weighted by Gasteiger charge is 2.16. The van der Waals surface area contributed by atoms with Gasteiger partial charge in [-0.15, -0.1) is 10.2 Å². The van der Waals surface area contributed by atoms with E-state index in [-0.39, 0.29) is 12.3 Å². The number of rotatable bonds is 5. The van der Waals surface area contributed by atoms with E-state index in [0.717, 1.165) is 10.7 Å². The Labute approximate surface area is 128 Å². The lowest BCUT2D eigenvalue weighted by Gasteiger charge is -2.03. The van der Waals surface area contributed by atoms with Crippen molar-refractivity contribution in [3.63, 3.8) is 0 Å². The summed E-state index contributed by atoms with van der Waals surface area (Å²) in [5.74, 6) is -1.94. The topological polar surface area (TPSA) is 80.5 Å². The van der Waals surface area contributed by atoms with Crippen molar-refractivity contribution in [3.05, 3.63) is 39.0 Å². The SMILES string of the molecule is COC/C(O)=C(\N=Nc1cc(I)ccc1F)C(=O)OC. The number of aliphatic hydroxyl groups excluding tert-OH is 1. The van der Waals surface area contributed by atoms with Gasteiger partial charge in [0.15, 0.2) is 11.6 Å². The molecule has 1 aromatic rings. The molecule has 0 radical (unpaired) electrons. The molecule has 0 aromatic heterocycles. The Morgan fingerprint density at radius 3 is 2.75 bits per heavy atom. The van der Waals surface area contributed by atoms with Crippen LogP contribution in [0.15, 0.2) is 39.9 Å². The highest BCUT2D eigenvalue weighted by atomic mass is 127. The molecule has 0 amide bonds. The third-order valence-corrected chi connectivity index (χ3v) is 2.77. The Morgan fingerprint density at radius 1 is 1.45 bits per heavy atom. The van der Waals surface area contributed by atoms with Crippen molar-refractivity contribution < 1.29 is 23.8 Å². The molecular weight excluding hydrogens is 382 g/mol. The van der Waals surface area contributed by atoms with Gasteiger partial charge in [-0.05, 0) is 40.8 Å². The van der Waals surface area contributed by atoms with Gasteiger partial charge in [-0.3, -0.25) is 0 Å². The van der Waals surface area contributed by atoms with Crippen LogP contribution in [0.4, 0.5) is 10.1 Å². The zero-order valence-electron chi connectivity index (χ0n) is 10.8. The average Bonchev–Trinajstić information content (AvgIpc) is 2.42. The van der Waals surface area contributed by atoms with Crippen molar-refractivity contribution in [2.45, 2.75) is 0 Å². The molecule has 1 aromatic carbocycles. The van der Waals surface area contributed by atoms with Gasteiger partial charge in [0.1, 0.15) is 12.3 Å². The molecule has 6 nitrogen and oxygen atoms in total. The Hall–Kier alpha value is -1.55. The van der Waals surface area contributed by atoms with Gasteiger partial charge >= 0.3 is 5.97 Å². The molecule has 0 atom stereocenters. The maximum atomic E-state index is 13.5. The third kappa shape index (κ3) is 4.53. The maximum absolute atomic E-state index is 13.5. The number of hydrogen-bond donors (Lipinski definition) is 1. The maximum Gasteiger partial charge on any atom is 0.362 e. The van der Waals surface area contributed by atoms with Crippen molar-refractivity contribution in [1.82, 2.24) is 0 Å². The summed E-state index contributed by atoms with van der Waals surface area (Å²) < 4.78 is 23.4. The zero-order chi connectivity index (χ0) is 15.1. The van der Waals surface area contributed by atoms with Crippen molar-refractivity contribution in [2.24, 2.45) is 10.2 Å². The Balaban J connectivity index is 3.12. The van der Waals surface area contributed by atoms with Crippen molar-refractivity contribution in [1.29, 1.82) is 0 Å². The smallest absolute Gasteiger partial charge is 0.362 e. The number of hydrogen-bond acceptors (Lipinski definition) is 6. The second-order valence-corrected chi connectivity index (χ2v) is 4.76. The van der Waals surface area contributed by atoms with E-state index in [9.17, 15) is 14.3 Å². The molecule has 0 aliphatic carbocycles. The fraction of sp³-hybridized carbons (Fsp3) is 0.250. The molecule has 0 bridgehead atoms. The van der Waals surface area contributed by atoms with Gasteiger partial charge in [-0.2, -0.15) is 0 Å². The molecule has 1 N–H and O–H groups in total. The number of nitrogens with zero attached hydrogens (tertiary/aromatic N) is 2. The molecule has 20 heavy (non-hydrogen) atoms. The summed E-state index contributed by atoms with van der Waals surface area (Å²) in [5, 5.41) is 16.8. The van der Waals surface area contributed by atoms with Crippen LogP contribution in [0.5, 0.6) is 0 Å². The number of esters is 1. The second-order valence-electron chi connectivity index (χ2n) is 3.52. The van der Waals surface area contributed by atoms with E-state index in [1.165, 1.54) is 19.2 Å². The van der Waals surface area contributed by atoms with E-state index in [1.807, 2.05) is 22.6 Å². The number of carbonyl (C=O) groups excluding carboxylic acids is 1. The van der Waals surface area contributed by atoms with E-state index >= 15 is 0 Å². The first-order valence-corrected chi connectivity index (χ1v) is 6.43. The van der Waals surface area contributed by atoms with E-state index in [4.69, 9.17) is 0 Å². The molecule has 0 aliphatic rings. The Morgan fingerprint density at radius 2 is 2.15 bits per heavy atom. The number of halogens is 2. The van der Waals surface area contributed by atoms with E-state index < -0.39 is 23.2 Å². The summed E-state index contributed by atoms with van der Waals surface area (Å²) in [6.07, 6.45) is 0. The van der Waals surface area contributed by atoms with Crippen molar-refractivity contribution in [2.75, 3.05) is 20.8 Å². The van der Waals surface area contributed by atoms with Crippen LogP contribution < -0.4 is 0 Å². The van der Waals surface area contributed by atoms with E-state index in [0.29, 0.717) is 0 Å². The van der Waals surface area contributed by atoms with Crippen molar-refractivity contribution in [3.8, 4) is 0 Å². The highest BCUT2D eigenvalue weighted by Crippen LogP contribution is 2.22. The summed E-state index contributed by atoms with van der Waals surface area (Å²) >= 11 is 1.99. The number of carbonyl (C=O) groups is 1. The summed E-state index contributed by atoms with van der Waals surface area (Å²) in [6.45, 7) is -0.238. The number of benzene rings is 1. The molecule has 0 aliphatic heterocycles. The van der Waals surface area contributed by atoms with Crippen LogP contribution in [0.3, 0.4) is 0 Å². The minimum atomic E-state index is -0.894. The standard InChI is InChI=1S/C12H12FIN2O4/c1-19-6-10(17)11(12(18)20-2)16-15-9-5-7(14)3-4-8(9)13/h3-5,17H,6H2,1-2H3/b11-10+,16-15?. The number of aliphatic hydroxyl groups is 1. The van der Waals surface area contributed by atoms with Crippen molar-refractivity contribution >= 4 is 34.2 Å². The molecule has 0 saturated heterocycles. The molecule has 8 heteroatoms. The van der Waals surface area contributed by atoms with E-state index in [1.54, 1.807) is 6.07 Å². The molecule has 0 unspecified atom stereocenters. The lowest BCUT2D eigenvalue weighted by atomic mass is 10.3. The quantitative estimate of drug-likeness (QED) is 0.274. The molecule has 0 spiro atoms. The number of methoxy groups -OCH3 is 2. The van der Waals surface area contributed by atoms with Crippen LogP contribution in [-0.4, -0.2) is 31.9 Å². The predicted molar refractivity (Wildman–Crippen MR) is 77.2 cm³/mol. The Bertz CT molecular complexity index is 560. The van der Waals surface area contributed by atoms with Crippen LogP contribution in [0, 0.1) is 9.39 Å². The fourth-order valence-corrected chi connectivity index (χ4v) is 1.66. The average molecular weight is 394 g/mol. The van der Waals surface area contributed by atoms with Gasteiger partial charge < -0.3 is 14.6 Å². The van der Waals surface area contributed by atoms with Crippen LogP contribution in [0.1, 0.15) is 0 Å². The van der Waals surface area contributed by atoms with Gasteiger partial charge in [0.05, 0.1) is 7.11 Å². The summed E-state index contributed by atoms with van der Waals surface area (Å²) in [4.78, 5) is 11.5. The monoisotopic (exact) mass is 394 g/mol. The van der Waals surface area contributed by atoms with Gasteiger partial charge in [-0.1, -0.05) is 0 Å². The van der Waals surface area contributed by atoms with Crippen LogP contribution in [0.2, 0.25) is 0 Å². The minimum Gasteiger partial charge on any atom is -0.507 e. The normalized spacial score (nSPS) is 12.4. The largest absolute Gasteiger partial charge is 0.507 e. The van der Waals surface area contributed by atoms with Gasteiger partial charge in [0.25, 0.3) is 0 Å². The predicted octanol–water partition coefficient (Wildman–Crippen LogP) is 3.10. The van der Waals surface area contributed by atoms with Gasteiger partial charge in [-0.25, -0.2) is 9.18 Å². The first-order chi connectivity index (χ1) is 9.49. The Kier molecular flexibility index (Phi) is 6.52. The third-order valence-electron chi connectivity index (χ3n) is 2.10. The molecule has 0 saturated carbocycles. The highest BCUT2D eigenvalue weighted by molar-refractivity contribution is 14.1. The first kappa shape index (κ1) is 16.5. The number of azo groups is 1. The molecule has 0 fully saturated rings. The van der Waals surface area contributed by atoms with Crippen LogP contribution in [0.25, 0.3) is 0 Å². The van der Waals surface area contributed by atoms with Gasteiger partial charge in [0, 0.05) is 10.7 Å². The zero-order valence-corrected chi connectivity index (χ0v) is 12.9.